The van der Waals surface area contributed by atoms with Crippen LogP contribution in [0.5, 0.6) is 0 Å². The number of benzene rings is 8. The first-order valence-electron chi connectivity index (χ1n) is 19.7. The van der Waals surface area contributed by atoms with Gasteiger partial charge in [0.25, 0.3) is 0 Å². The van der Waals surface area contributed by atoms with Gasteiger partial charge < -0.3 is 0 Å². The van der Waals surface area contributed by atoms with Crippen molar-refractivity contribution in [3.63, 3.8) is 0 Å². The summed E-state index contributed by atoms with van der Waals surface area (Å²) in [6, 6.07) is 71.7. The van der Waals surface area contributed by atoms with E-state index in [2.05, 4.69) is 91.0 Å². The molecule has 10 rings (SSSR count). The highest BCUT2D eigenvalue weighted by molar-refractivity contribution is 5.96. The Hall–Kier alpha value is -8.40. The summed E-state index contributed by atoms with van der Waals surface area (Å²) in [7, 11) is 0. The summed E-state index contributed by atoms with van der Waals surface area (Å²) in [6.07, 6.45) is 0. The predicted molar refractivity (Wildman–Crippen MR) is 241 cm³/mol. The van der Waals surface area contributed by atoms with Crippen molar-refractivity contribution in [2.45, 2.75) is 0 Å². The molecule has 6 nitrogen and oxygen atoms in total. The maximum absolute atomic E-state index is 9.35. The van der Waals surface area contributed by atoms with Crippen LogP contribution in [0.2, 0.25) is 0 Å². The van der Waals surface area contributed by atoms with E-state index >= 15 is 0 Å². The molecule has 0 atom stereocenters. The molecule has 10 aromatic rings. The molecule has 60 heavy (non-hydrogen) atoms. The van der Waals surface area contributed by atoms with Gasteiger partial charge in [-0.3, -0.25) is 0 Å². The van der Waals surface area contributed by atoms with E-state index in [0.29, 0.717) is 28.9 Å². The van der Waals surface area contributed by atoms with Crippen molar-refractivity contribution in [1.29, 1.82) is 5.26 Å². The van der Waals surface area contributed by atoms with E-state index in [4.69, 9.17) is 24.9 Å². The van der Waals surface area contributed by atoms with Gasteiger partial charge in [0, 0.05) is 33.2 Å². The number of nitrogens with zero attached hydrogens (tertiary/aromatic N) is 6. The number of fused-ring (bicyclic) bond motifs is 1. The molecule has 0 aliphatic heterocycles. The zero-order chi connectivity index (χ0) is 40.3. The first-order chi connectivity index (χ1) is 29.7. The van der Waals surface area contributed by atoms with Crippen LogP contribution in [0.15, 0.2) is 206 Å². The highest BCUT2D eigenvalue weighted by atomic mass is 15.0. The lowest BCUT2D eigenvalue weighted by atomic mass is 9.90. The minimum Gasteiger partial charge on any atom is -0.228 e. The maximum Gasteiger partial charge on any atom is 0.164 e. The molecule has 0 fully saturated rings. The largest absolute Gasteiger partial charge is 0.228 e. The molecule has 0 spiro atoms. The van der Waals surface area contributed by atoms with Crippen molar-refractivity contribution in [3.05, 3.63) is 212 Å². The van der Waals surface area contributed by atoms with Gasteiger partial charge >= 0.3 is 0 Å². The standard InChI is InChI=1S/C54H34N6/c55-35-36-29-31-37(32-30-36)40-19-13-22-43(33-40)53-58-52(39-17-5-2-6-18-39)59-54(60-53)47-26-10-9-25-46(47)45-24-8-7-23-44(45)41-20-14-21-42(34-41)50-48-27-11-12-28-49(48)56-51(57-50)38-15-3-1-4-16-38/h1-34H. The molecule has 0 amide bonds. The predicted octanol–water partition coefficient (Wildman–Crippen LogP) is 13.0. The highest BCUT2D eigenvalue weighted by Crippen LogP contribution is 2.40. The second kappa shape index (κ2) is 15.9. The van der Waals surface area contributed by atoms with Gasteiger partial charge in [0.05, 0.1) is 22.8 Å². The lowest BCUT2D eigenvalue weighted by molar-refractivity contribution is 1.07. The van der Waals surface area contributed by atoms with E-state index < -0.39 is 0 Å². The van der Waals surface area contributed by atoms with Gasteiger partial charge in [-0.2, -0.15) is 5.26 Å². The topological polar surface area (TPSA) is 88.2 Å². The zero-order valence-electron chi connectivity index (χ0n) is 32.3. The Morgan fingerprint density at radius 1 is 0.300 bits per heavy atom. The molecule has 280 valence electrons. The first-order valence-corrected chi connectivity index (χ1v) is 19.7. The summed E-state index contributed by atoms with van der Waals surface area (Å²) in [4.78, 5) is 25.5. The number of nitriles is 1. The minimum atomic E-state index is 0.567. The second-order valence-corrected chi connectivity index (χ2v) is 14.4. The Balaban J connectivity index is 1.10. The first kappa shape index (κ1) is 36.0. The molecule has 0 bridgehead atoms. The molecule has 6 heteroatoms. The van der Waals surface area contributed by atoms with E-state index in [1.54, 1.807) is 0 Å². The average Bonchev–Trinajstić information content (AvgIpc) is 3.34. The smallest absolute Gasteiger partial charge is 0.164 e. The number of hydrogen-bond donors (Lipinski definition) is 0. The van der Waals surface area contributed by atoms with Crippen LogP contribution in [-0.4, -0.2) is 24.9 Å². The zero-order valence-corrected chi connectivity index (χ0v) is 32.3. The van der Waals surface area contributed by atoms with Gasteiger partial charge in [-0.15, -0.1) is 0 Å². The molecule has 0 saturated heterocycles. The van der Waals surface area contributed by atoms with E-state index in [0.717, 1.165) is 77.8 Å². The Kier molecular flexibility index (Phi) is 9.51. The molecule has 2 aromatic heterocycles. The van der Waals surface area contributed by atoms with Gasteiger partial charge in [-0.25, -0.2) is 24.9 Å². The lowest BCUT2D eigenvalue weighted by Crippen LogP contribution is -2.01. The SMILES string of the molecule is N#Cc1ccc(-c2cccc(-c3nc(-c4ccccc4)nc(-c4ccccc4-c4ccccc4-c4cccc(-c5nc(-c6ccccc6)nc6ccccc56)c4)n3)c2)cc1. The van der Waals surface area contributed by atoms with Crippen LogP contribution in [0, 0.1) is 11.3 Å². The summed E-state index contributed by atoms with van der Waals surface area (Å²) in [5.41, 5.74) is 13.2. The summed E-state index contributed by atoms with van der Waals surface area (Å²) >= 11 is 0. The molecular formula is C54H34N6. The third-order valence-corrected chi connectivity index (χ3v) is 10.6. The fourth-order valence-electron chi connectivity index (χ4n) is 7.65. The number of rotatable bonds is 8. The minimum absolute atomic E-state index is 0.567. The highest BCUT2D eigenvalue weighted by Gasteiger charge is 2.19. The van der Waals surface area contributed by atoms with Gasteiger partial charge in [0.15, 0.2) is 23.3 Å². The van der Waals surface area contributed by atoms with E-state index in [1.807, 2.05) is 121 Å². The van der Waals surface area contributed by atoms with Crippen molar-refractivity contribution in [1.82, 2.24) is 24.9 Å². The summed E-state index contributed by atoms with van der Waals surface area (Å²) in [6.45, 7) is 0. The molecule has 2 heterocycles. The van der Waals surface area contributed by atoms with Crippen molar-refractivity contribution in [3.8, 4) is 96.3 Å². The van der Waals surface area contributed by atoms with Crippen LogP contribution >= 0.6 is 0 Å². The molecule has 0 unspecified atom stereocenters. The quantitative estimate of drug-likeness (QED) is 0.153. The van der Waals surface area contributed by atoms with Crippen LogP contribution in [0.4, 0.5) is 0 Å². The molecule has 0 saturated carbocycles. The van der Waals surface area contributed by atoms with Crippen molar-refractivity contribution in [2.24, 2.45) is 0 Å². The van der Waals surface area contributed by atoms with E-state index in [-0.39, 0.29) is 0 Å². The Bertz CT molecular complexity index is 3210. The van der Waals surface area contributed by atoms with Gasteiger partial charge in [0.1, 0.15) is 0 Å². The number of para-hydroxylation sites is 1. The van der Waals surface area contributed by atoms with Gasteiger partial charge in [-0.05, 0) is 63.7 Å². The van der Waals surface area contributed by atoms with Crippen molar-refractivity contribution < 1.29 is 0 Å². The van der Waals surface area contributed by atoms with Gasteiger partial charge in [-0.1, -0.05) is 176 Å². The molecule has 0 aliphatic carbocycles. The lowest BCUT2D eigenvalue weighted by Gasteiger charge is -2.16. The third-order valence-electron chi connectivity index (χ3n) is 10.6. The van der Waals surface area contributed by atoms with E-state index in [1.165, 1.54) is 0 Å². The fourth-order valence-corrected chi connectivity index (χ4v) is 7.65. The van der Waals surface area contributed by atoms with Crippen LogP contribution in [-0.2, 0) is 0 Å². The van der Waals surface area contributed by atoms with Gasteiger partial charge in [0.2, 0.25) is 0 Å². The van der Waals surface area contributed by atoms with Crippen LogP contribution < -0.4 is 0 Å². The third kappa shape index (κ3) is 7.08. The van der Waals surface area contributed by atoms with Crippen LogP contribution in [0.1, 0.15) is 5.56 Å². The molecular weight excluding hydrogens is 733 g/mol. The monoisotopic (exact) mass is 766 g/mol. The van der Waals surface area contributed by atoms with Crippen LogP contribution in [0.25, 0.3) is 101 Å². The molecule has 0 aliphatic rings. The Morgan fingerprint density at radius 2 is 0.783 bits per heavy atom. The van der Waals surface area contributed by atoms with Crippen molar-refractivity contribution >= 4 is 10.9 Å². The summed E-state index contributed by atoms with van der Waals surface area (Å²) in [5.74, 6) is 2.42. The maximum atomic E-state index is 9.35. The van der Waals surface area contributed by atoms with E-state index in [9.17, 15) is 5.26 Å². The Morgan fingerprint density at radius 3 is 1.48 bits per heavy atom. The average molecular weight is 767 g/mol. The van der Waals surface area contributed by atoms with Crippen LogP contribution in [0.3, 0.4) is 0 Å². The molecule has 0 radical (unpaired) electrons. The Labute approximate surface area is 347 Å². The number of aromatic nitrogens is 5. The van der Waals surface area contributed by atoms with Crippen molar-refractivity contribution in [2.75, 3.05) is 0 Å². The molecule has 0 N–H and O–H groups in total. The fraction of sp³-hybridized carbons (Fsp3) is 0. The second-order valence-electron chi connectivity index (χ2n) is 14.4. The number of hydrogen-bond acceptors (Lipinski definition) is 6. The normalized spacial score (nSPS) is 11.0. The summed E-state index contributed by atoms with van der Waals surface area (Å²) < 4.78 is 0. The molecule has 8 aromatic carbocycles. The summed E-state index contributed by atoms with van der Waals surface area (Å²) in [5, 5.41) is 10.3.